The van der Waals surface area contributed by atoms with Gasteiger partial charge in [0.25, 0.3) is 5.91 Å². The van der Waals surface area contributed by atoms with Crippen LogP contribution >= 0.6 is 0 Å². The summed E-state index contributed by atoms with van der Waals surface area (Å²) in [4.78, 5) is 24.9. The van der Waals surface area contributed by atoms with Crippen molar-refractivity contribution in [3.8, 4) is 0 Å². The summed E-state index contributed by atoms with van der Waals surface area (Å²) in [6.45, 7) is 4.94. The molecule has 3 N–H and O–H groups in total. The van der Waals surface area contributed by atoms with Gasteiger partial charge in [-0.2, -0.15) is 0 Å². The van der Waals surface area contributed by atoms with E-state index in [0.29, 0.717) is 17.6 Å². The van der Waals surface area contributed by atoms with E-state index in [1.807, 2.05) is 19.1 Å². The van der Waals surface area contributed by atoms with E-state index >= 15 is 0 Å². The Hall–Kier alpha value is -1.88. The predicted octanol–water partition coefficient (Wildman–Crippen LogP) is 2.99. The Labute approximate surface area is 150 Å². The van der Waals surface area contributed by atoms with E-state index in [0.717, 1.165) is 43.5 Å². The first-order valence-electron chi connectivity index (χ1n) is 9.48. The maximum absolute atomic E-state index is 12.5. The van der Waals surface area contributed by atoms with E-state index in [4.69, 9.17) is 0 Å². The van der Waals surface area contributed by atoms with Crippen molar-refractivity contribution in [1.82, 2.24) is 10.6 Å². The first-order valence-corrected chi connectivity index (χ1v) is 9.48. The van der Waals surface area contributed by atoms with Gasteiger partial charge in [0.05, 0.1) is 0 Å². The standard InChI is InChI=1S/C20H29N3O2/c1-13-11-15(19(24)22-17-5-3-4-6-17)7-8-18(13)23-20(25)16-9-10-21-14(2)12-16/h7-8,11,14,16-17,21H,3-6,9-10,12H2,1-2H3,(H,22,24)(H,23,25)/t14-,16-/m0/s1. The fourth-order valence-corrected chi connectivity index (χ4v) is 3.89. The van der Waals surface area contributed by atoms with Gasteiger partial charge in [-0.05, 0) is 69.8 Å². The van der Waals surface area contributed by atoms with Crippen molar-refractivity contribution in [3.05, 3.63) is 29.3 Å². The minimum absolute atomic E-state index is 0.0138. The zero-order chi connectivity index (χ0) is 17.8. The number of rotatable bonds is 4. The van der Waals surface area contributed by atoms with E-state index in [1.165, 1.54) is 12.8 Å². The molecule has 1 aliphatic carbocycles. The van der Waals surface area contributed by atoms with Crippen molar-refractivity contribution >= 4 is 17.5 Å². The SMILES string of the molecule is Cc1cc(C(=O)NC2CCCC2)ccc1NC(=O)[C@H]1CCN[C@@H](C)C1. The van der Waals surface area contributed by atoms with Crippen molar-refractivity contribution in [3.63, 3.8) is 0 Å². The molecular weight excluding hydrogens is 314 g/mol. The maximum atomic E-state index is 12.5. The highest BCUT2D eigenvalue weighted by Crippen LogP contribution is 2.22. The third-order valence-electron chi connectivity index (χ3n) is 5.43. The van der Waals surface area contributed by atoms with E-state index in [-0.39, 0.29) is 17.7 Å². The number of amides is 2. The molecule has 0 radical (unpaired) electrons. The second-order valence-electron chi connectivity index (χ2n) is 7.55. The quantitative estimate of drug-likeness (QED) is 0.787. The highest BCUT2D eigenvalue weighted by Gasteiger charge is 2.25. The van der Waals surface area contributed by atoms with Crippen LogP contribution in [0.5, 0.6) is 0 Å². The Bertz CT molecular complexity index is 638. The van der Waals surface area contributed by atoms with Gasteiger partial charge < -0.3 is 16.0 Å². The van der Waals surface area contributed by atoms with Crippen molar-refractivity contribution in [1.29, 1.82) is 0 Å². The molecule has 5 nitrogen and oxygen atoms in total. The number of nitrogens with one attached hydrogen (secondary N) is 3. The van der Waals surface area contributed by atoms with E-state index < -0.39 is 0 Å². The first-order chi connectivity index (χ1) is 12.0. The summed E-state index contributed by atoms with van der Waals surface area (Å²) in [6.07, 6.45) is 6.29. The number of hydrogen-bond donors (Lipinski definition) is 3. The summed E-state index contributed by atoms with van der Waals surface area (Å²) >= 11 is 0. The normalized spacial score (nSPS) is 24.1. The van der Waals surface area contributed by atoms with Crippen molar-refractivity contribution in [2.24, 2.45) is 5.92 Å². The number of anilines is 1. The molecule has 2 atom stereocenters. The minimum Gasteiger partial charge on any atom is -0.349 e. The van der Waals surface area contributed by atoms with Crippen LogP contribution < -0.4 is 16.0 Å². The molecule has 0 spiro atoms. The summed E-state index contributed by atoms with van der Waals surface area (Å²) in [5.41, 5.74) is 2.39. The second kappa shape index (κ2) is 8.00. The molecule has 2 aliphatic rings. The van der Waals surface area contributed by atoms with Gasteiger partial charge in [0.2, 0.25) is 5.91 Å². The number of carbonyl (C=O) groups excluding carboxylic acids is 2. The Balaban J connectivity index is 1.61. The Morgan fingerprint density at radius 2 is 1.92 bits per heavy atom. The fourth-order valence-electron chi connectivity index (χ4n) is 3.89. The predicted molar refractivity (Wildman–Crippen MR) is 99.7 cm³/mol. The van der Waals surface area contributed by atoms with Gasteiger partial charge in [-0.3, -0.25) is 9.59 Å². The van der Waals surface area contributed by atoms with Crippen LogP contribution in [0.25, 0.3) is 0 Å². The Kier molecular flexibility index (Phi) is 5.74. The van der Waals surface area contributed by atoms with Gasteiger partial charge in [-0.25, -0.2) is 0 Å². The third-order valence-corrected chi connectivity index (χ3v) is 5.43. The van der Waals surface area contributed by atoms with E-state index in [9.17, 15) is 9.59 Å². The van der Waals surface area contributed by atoms with Crippen LogP contribution in [0.3, 0.4) is 0 Å². The lowest BCUT2D eigenvalue weighted by atomic mass is 9.92. The van der Waals surface area contributed by atoms with Crippen LogP contribution in [0.4, 0.5) is 5.69 Å². The largest absolute Gasteiger partial charge is 0.349 e. The Morgan fingerprint density at radius 3 is 2.60 bits per heavy atom. The van der Waals surface area contributed by atoms with Crippen molar-refractivity contribution in [2.75, 3.05) is 11.9 Å². The van der Waals surface area contributed by atoms with Gasteiger partial charge in [0, 0.05) is 29.3 Å². The van der Waals surface area contributed by atoms with Crippen LogP contribution in [0.15, 0.2) is 18.2 Å². The van der Waals surface area contributed by atoms with Gasteiger partial charge in [0.15, 0.2) is 0 Å². The molecule has 25 heavy (non-hydrogen) atoms. The maximum Gasteiger partial charge on any atom is 0.251 e. The topological polar surface area (TPSA) is 70.2 Å². The molecule has 1 aromatic carbocycles. The van der Waals surface area contributed by atoms with Crippen LogP contribution in [0.1, 0.15) is 61.4 Å². The zero-order valence-electron chi connectivity index (χ0n) is 15.2. The van der Waals surface area contributed by atoms with Gasteiger partial charge >= 0.3 is 0 Å². The monoisotopic (exact) mass is 343 g/mol. The van der Waals surface area contributed by atoms with Crippen molar-refractivity contribution < 1.29 is 9.59 Å². The van der Waals surface area contributed by atoms with E-state index in [1.54, 1.807) is 6.07 Å². The summed E-state index contributed by atoms with van der Waals surface area (Å²) in [7, 11) is 0. The molecule has 1 saturated carbocycles. The lowest BCUT2D eigenvalue weighted by Crippen LogP contribution is -2.40. The number of benzene rings is 1. The van der Waals surface area contributed by atoms with Crippen LogP contribution in [-0.4, -0.2) is 30.4 Å². The molecule has 0 bridgehead atoms. The Morgan fingerprint density at radius 1 is 1.16 bits per heavy atom. The average Bonchev–Trinajstić information content (AvgIpc) is 3.09. The summed E-state index contributed by atoms with van der Waals surface area (Å²) < 4.78 is 0. The van der Waals surface area contributed by atoms with Gasteiger partial charge in [0.1, 0.15) is 0 Å². The molecule has 136 valence electrons. The average molecular weight is 343 g/mol. The summed E-state index contributed by atoms with van der Waals surface area (Å²) in [5, 5.41) is 9.51. The molecule has 0 unspecified atom stereocenters. The molecule has 2 amide bonds. The molecule has 1 heterocycles. The van der Waals surface area contributed by atoms with Crippen LogP contribution in [0, 0.1) is 12.8 Å². The highest BCUT2D eigenvalue weighted by molar-refractivity contribution is 5.97. The molecule has 3 rings (SSSR count). The number of hydrogen-bond acceptors (Lipinski definition) is 3. The smallest absolute Gasteiger partial charge is 0.251 e. The molecular formula is C20H29N3O2. The molecule has 2 fully saturated rings. The summed E-state index contributed by atoms with van der Waals surface area (Å²) in [5.74, 6) is 0.126. The van der Waals surface area contributed by atoms with Gasteiger partial charge in [-0.1, -0.05) is 12.8 Å². The number of aryl methyl sites for hydroxylation is 1. The number of carbonyl (C=O) groups is 2. The molecule has 1 aliphatic heterocycles. The molecule has 1 saturated heterocycles. The zero-order valence-corrected chi connectivity index (χ0v) is 15.2. The third kappa shape index (κ3) is 4.60. The van der Waals surface area contributed by atoms with Crippen LogP contribution in [0.2, 0.25) is 0 Å². The second-order valence-corrected chi connectivity index (χ2v) is 7.55. The number of piperidine rings is 1. The van der Waals surface area contributed by atoms with Crippen LogP contribution in [-0.2, 0) is 4.79 Å². The lowest BCUT2D eigenvalue weighted by Gasteiger charge is -2.27. The lowest BCUT2D eigenvalue weighted by molar-refractivity contribution is -0.120. The molecule has 5 heteroatoms. The summed E-state index contributed by atoms with van der Waals surface area (Å²) in [6, 6.07) is 6.21. The highest BCUT2D eigenvalue weighted by atomic mass is 16.2. The van der Waals surface area contributed by atoms with Gasteiger partial charge in [-0.15, -0.1) is 0 Å². The minimum atomic E-state index is -0.0138. The first kappa shape index (κ1) is 17.9. The molecule has 1 aromatic rings. The van der Waals surface area contributed by atoms with Crippen molar-refractivity contribution in [2.45, 2.75) is 64.5 Å². The molecule has 0 aromatic heterocycles. The van der Waals surface area contributed by atoms with E-state index in [2.05, 4.69) is 22.9 Å². The fraction of sp³-hybridized carbons (Fsp3) is 0.600.